The fourth-order valence-corrected chi connectivity index (χ4v) is 2.86. The van der Waals surface area contributed by atoms with Gasteiger partial charge in [0.15, 0.2) is 0 Å². The number of nitrogens with zero attached hydrogens (tertiary/aromatic N) is 3. The van der Waals surface area contributed by atoms with E-state index in [-0.39, 0.29) is 10.3 Å². The summed E-state index contributed by atoms with van der Waals surface area (Å²) < 4.78 is 76.7. The molecule has 1 unspecified atom stereocenters. The molecule has 11 heteroatoms. The summed E-state index contributed by atoms with van der Waals surface area (Å²) in [5.41, 5.74) is -0.803. The number of hydrogen-bond donors (Lipinski definition) is 0. The molecule has 0 amide bonds. The summed E-state index contributed by atoms with van der Waals surface area (Å²) in [5.74, 6) is -4.10. The Balaban J connectivity index is 2.33. The third-order valence-corrected chi connectivity index (χ3v) is 4.16. The highest BCUT2D eigenvalue weighted by Gasteiger charge is 2.56. The lowest BCUT2D eigenvalue weighted by Crippen LogP contribution is -2.46. The molecule has 0 aliphatic carbocycles. The van der Waals surface area contributed by atoms with Crippen molar-refractivity contribution < 1.29 is 26.3 Å². The largest absolute Gasteiger partial charge is 0.425 e. The summed E-state index contributed by atoms with van der Waals surface area (Å²) in [7, 11) is 0. The quantitative estimate of drug-likeness (QED) is 0.547. The van der Waals surface area contributed by atoms with Crippen LogP contribution in [0, 0.1) is 0 Å². The van der Waals surface area contributed by atoms with E-state index in [2.05, 4.69) is 9.97 Å². The van der Waals surface area contributed by atoms with Crippen molar-refractivity contribution in [2.75, 3.05) is 5.75 Å². The van der Waals surface area contributed by atoms with Crippen molar-refractivity contribution in [2.24, 2.45) is 0 Å². The van der Waals surface area contributed by atoms with Crippen molar-refractivity contribution in [3.05, 3.63) is 41.1 Å². The minimum Gasteiger partial charge on any atom is -0.293 e. The first-order chi connectivity index (χ1) is 12.1. The number of rotatable bonds is 6. The Morgan fingerprint density at radius 1 is 1.23 bits per heavy atom. The van der Waals surface area contributed by atoms with Gasteiger partial charge in [0.1, 0.15) is 5.69 Å². The van der Waals surface area contributed by atoms with E-state index in [0.29, 0.717) is 16.3 Å². The predicted octanol–water partition coefficient (Wildman–Crippen LogP) is 3.95. The molecule has 2 rings (SSSR count). The maximum absolute atomic E-state index is 13.5. The monoisotopic (exact) mass is 397 g/mol. The van der Waals surface area contributed by atoms with Gasteiger partial charge in [0, 0.05) is 17.3 Å². The summed E-state index contributed by atoms with van der Waals surface area (Å²) in [6.07, 6.45) is -7.82. The lowest BCUT2D eigenvalue weighted by molar-refractivity contribution is -0.247. The van der Waals surface area contributed by atoms with Crippen molar-refractivity contribution in [3.8, 4) is 11.4 Å². The average molecular weight is 397 g/mol. The first-order valence-corrected chi connectivity index (χ1v) is 8.29. The number of aromatic nitrogens is 3. The molecule has 0 saturated heterocycles. The molecular formula is C15H13F6N3OS. The van der Waals surface area contributed by atoms with E-state index < -0.39 is 30.5 Å². The Bertz CT molecular complexity index is 824. The van der Waals surface area contributed by atoms with Gasteiger partial charge in [-0.2, -0.15) is 18.2 Å². The lowest BCUT2D eigenvalue weighted by Gasteiger charge is -2.23. The Morgan fingerprint density at radius 2 is 1.92 bits per heavy atom. The van der Waals surface area contributed by atoms with Gasteiger partial charge in [0.2, 0.25) is 0 Å². The second-order valence-electron chi connectivity index (χ2n) is 5.17. The van der Waals surface area contributed by atoms with Crippen molar-refractivity contribution >= 4 is 11.8 Å². The summed E-state index contributed by atoms with van der Waals surface area (Å²) in [6.45, 7) is 0.113. The molecule has 26 heavy (non-hydrogen) atoms. The normalized spacial score (nSPS) is 13.7. The average Bonchev–Trinajstić information content (AvgIpc) is 2.56. The van der Waals surface area contributed by atoms with E-state index in [9.17, 15) is 31.1 Å². The van der Waals surface area contributed by atoms with Crippen LogP contribution in [0.2, 0.25) is 0 Å². The van der Waals surface area contributed by atoms with Gasteiger partial charge in [-0.05, 0) is 24.0 Å². The summed E-state index contributed by atoms with van der Waals surface area (Å²) in [4.78, 5) is 20.3. The molecule has 4 nitrogen and oxygen atoms in total. The Morgan fingerprint density at radius 3 is 2.50 bits per heavy atom. The van der Waals surface area contributed by atoms with E-state index >= 15 is 0 Å². The molecule has 0 N–H and O–H groups in total. The first-order valence-electron chi connectivity index (χ1n) is 7.30. The summed E-state index contributed by atoms with van der Waals surface area (Å²) in [5, 5.41) is 0. The molecule has 2 aromatic heterocycles. The van der Waals surface area contributed by atoms with Crippen molar-refractivity contribution in [1.82, 2.24) is 14.5 Å². The minimum atomic E-state index is -5.74. The van der Waals surface area contributed by atoms with Crippen LogP contribution < -0.4 is 5.69 Å². The van der Waals surface area contributed by atoms with Crippen LogP contribution in [0.4, 0.5) is 26.3 Å². The number of hydrogen-bond acceptors (Lipinski definition) is 4. The van der Waals surface area contributed by atoms with Crippen LogP contribution in [0.3, 0.4) is 0 Å². The van der Waals surface area contributed by atoms with E-state index in [1.54, 1.807) is 12.1 Å². The highest BCUT2D eigenvalue weighted by Crippen LogP contribution is 2.35. The lowest BCUT2D eigenvalue weighted by atomic mass is 10.2. The van der Waals surface area contributed by atoms with E-state index in [1.807, 2.05) is 6.92 Å². The molecule has 1 atom stereocenters. The molecule has 0 aromatic carbocycles. The van der Waals surface area contributed by atoms with Crippen LogP contribution in [0.5, 0.6) is 0 Å². The van der Waals surface area contributed by atoms with E-state index in [4.69, 9.17) is 0 Å². The zero-order valence-corrected chi connectivity index (χ0v) is 14.1. The van der Waals surface area contributed by atoms with Gasteiger partial charge in [-0.3, -0.25) is 9.55 Å². The molecule has 0 bridgehead atoms. The molecule has 0 saturated carbocycles. The van der Waals surface area contributed by atoms with Crippen LogP contribution in [-0.2, 0) is 6.54 Å². The molecule has 0 spiro atoms. The second-order valence-corrected chi connectivity index (χ2v) is 6.48. The Kier molecular flexibility index (Phi) is 5.99. The van der Waals surface area contributed by atoms with Gasteiger partial charge in [-0.15, -0.1) is 11.8 Å². The number of alkyl halides is 6. The van der Waals surface area contributed by atoms with Crippen molar-refractivity contribution in [2.45, 2.75) is 36.6 Å². The molecule has 0 radical (unpaired) electrons. The topological polar surface area (TPSA) is 47.8 Å². The predicted molar refractivity (Wildman–Crippen MR) is 84.0 cm³/mol. The van der Waals surface area contributed by atoms with Gasteiger partial charge in [0.25, 0.3) is 6.17 Å². The fourth-order valence-electron chi connectivity index (χ4n) is 2.08. The van der Waals surface area contributed by atoms with Crippen LogP contribution >= 0.6 is 11.8 Å². The zero-order valence-electron chi connectivity index (χ0n) is 13.3. The van der Waals surface area contributed by atoms with Gasteiger partial charge < -0.3 is 0 Å². The zero-order chi connectivity index (χ0) is 19.5. The van der Waals surface area contributed by atoms with Crippen LogP contribution in [-0.4, -0.2) is 38.6 Å². The van der Waals surface area contributed by atoms with Gasteiger partial charge in [0.05, 0.1) is 12.2 Å². The highest BCUT2D eigenvalue weighted by atomic mass is 32.2. The van der Waals surface area contributed by atoms with Crippen molar-refractivity contribution in [3.63, 3.8) is 0 Å². The van der Waals surface area contributed by atoms with Crippen LogP contribution in [0.1, 0.15) is 6.92 Å². The molecule has 2 heterocycles. The smallest absolute Gasteiger partial charge is 0.293 e. The molecule has 0 fully saturated rings. The number of halogens is 6. The minimum absolute atomic E-state index is 0.0822. The van der Waals surface area contributed by atoms with Gasteiger partial charge in [-0.1, -0.05) is 6.92 Å². The maximum atomic E-state index is 13.5. The summed E-state index contributed by atoms with van der Waals surface area (Å²) in [6, 6.07) is 4.57. The molecule has 142 valence electrons. The Hall–Kier alpha value is -2.04. The van der Waals surface area contributed by atoms with E-state index in [0.717, 1.165) is 6.20 Å². The number of thioether (sulfide) groups is 1. The first kappa shape index (κ1) is 20.3. The maximum Gasteiger partial charge on any atom is 0.425 e. The molecular weight excluding hydrogens is 384 g/mol. The fraction of sp³-hybridized carbons (Fsp3) is 0.400. The third-order valence-electron chi connectivity index (χ3n) is 3.23. The van der Waals surface area contributed by atoms with Crippen LogP contribution in [0.15, 0.2) is 40.3 Å². The number of pyridine rings is 1. The third kappa shape index (κ3) is 4.57. The Labute approximate surface area is 148 Å². The van der Waals surface area contributed by atoms with Gasteiger partial charge >= 0.3 is 17.8 Å². The molecule has 0 aliphatic heterocycles. The van der Waals surface area contributed by atoms with E-state index in [1.165, 1.54) is 24.0 Å². The SMILES string of the molecule is CCSc1cccnc1-c1ccn(CC(F)(F)C(F)C(F)(F)F)c(=O)n1. The molecule has 2 aromatic rings. The van der Waals surface area contributed by atoms with Crippen LogP contribution in [0.25, 0.3) is 11.4 Å². The standard InChI is InChI=1S/C15H13F6N3OS/c1-2-26-10-4-3-6-22-11(10)9-5-7-24(13(25)23-9)8-14(17,18)12(16)15(19,20)21/h3-7,12H,2,8H2,1H3. The highest BCUT2D eigenvalue weighted by molar-refractivity contribution is 7.99. The molecule has 0 aliphatic rings. The van der Waals surface area contributed by atoms with Crippen molar-refractivity contribution in [1.29, 1.82) is 0 Å². The van der Waals surface area contributed by atoms with Gasteiger partial charge in [-0.25, -0.2) is 18.0 Å². The summed E-state index contributed by atoms with van der Waals surface area (Å²) >= 11 is 1.42. The second kappa shape index (κ2) is 7.68.